The number of carbonyl (C=O) groups excluding carboxylic acids is 1. The van der Waals surface area contributed by atoms with E-state index in [1.54, 1.807) is 0 Å². The van der Waals surface area contributed by atoms with Crippen LogP contribution in [-0.4, -0.2) is 10.9 Å². The lowest BCUT2D eigenvalue weighted by atomic mass is 9.86. The van der Waals surface area contributed by atoms with Gasteiger partial charge in [0.15, 0.2) is 0 Å². The van der Waals surface area contributed by atoms with E-state index in [1.165, 1.54) is 5.56 Å². The topological polar surface area (TPSA) is 56.9 Å². The standard InChI is InChI=1S/C26H27N3O/c1-26(2,3)19-14-12-18(13-15-19)24(28-20-8-5-4-6-9-20)25(30)29-23-11-7-10-22-21(23)16-17-27-22/h4-17,24,27-28H,1-3H3,(H,29,30). The number of aromatic amines is 1. The van der Waals surface area contributed by atoms with E-state index in [0.717, 1.165) is 27.8 Å². The Kier molecular flexibility index (Phi) is 5.32. The summed E-state index contributed by atoms with van der Waals surface area (Å²) in [5.41, 5.74) is 4.91. The van der Waals surface area contributed by atoms with Crippen LogP contribution < -0.4 is 10.6 Å². The zero-order valence-corrected chi connectivity index (χ0v) is 17.6. The number of anilines is 2. The average Bonchev–Trinajstić information content (AvgIpc) is 3.22. The molecular formula is C26H27N3O. The Morgan fingerprint density at radius 1 is 0.867 bits per heavy atom. The SMILES string of the molecule is CC(C)(C)c1ccc(C(Nc2ccccc2)C(=O)Nc2cccc3[nH]ccc23)cc1. The lowest BCUT2D eigenvalue weighted by Crippen LogP contribution is -2.27. The lowest BCUT2D eigenvalue weighted by Gasteiger charge is -2.23. The van der Waals surface area contributed by atoms with Crippen molar-refractivity contribution in [1.29, 1.82) is 0 Å². The van der Waals surface area contributed by atoms with E-state index in [4.69, 9.17) is 0 Å². The zero-order chi connectivity index (χ0) is 21.1. The molecule has 1 heterocycles. The third-order valence-corrected chi connectivity index (χ3v) is 5.31. The number of para-hydroxylation sites is 1. The lowest BCUT2D eigenvalue weighted by molar-refractivity contribution is -0.117. The molecule has 3 N–H and O–H groups in total. The number of H-pyrrole nitrogens is 1. The molecule has 1 amide bonds. The first-order valence-corrected chi connectivity index (χ1v) is 10.2. The number of aromatic nitrogens is 1. The van der Waals surface area contributed by atoms with Crippen LogP contribution in [0.15, 0.2) is 85.1 Å². The van der Waals surface area contributed by atoms with Crippen LogP contribution in [0.2, 0.25) is 0 Å². The minimum atomic E-state index is -0.518. The Balaban J connectivity index is 1.66. The molecule has 0 saturated heterocycles. The summed E-state index contributed by atoms with van der Waals surface area (Å²) in [5, 5.41) is 7.50. The summed E-state index contributed by atoms with van der Waals surface area (Å²) in [6.45, 7) is 6.56. The fraction of sp³-hybridized carbons (Fsp3) is 0.192. The smallest absolute Gasteiger partial charge is 0.251 e. The molecule has 4 nitrogen and oxygen atoms in total. The van der Waals surface area contributed by atoms with Gasteiger partial charge in [0.25, 0.3) is 5.91 Å². The van der Waals surface area contributed by atoms with E-state index in [2.05, 4.69) is 48.5 Å². The highest BCUT2D eigenvalue weighted by Gasteiger charge is 2.22. The van der Waals surface area contributed by atoms with Crippen LogP contribution in [0.25, 0.3) is 10.9 Å². The Hall–Kier alpha value is -3.53. The predicted octanol–water partition coefficient (Wildman–Crippen LogP) is 6.26. The van der Waals surface area contributed by atoms with Crippen LogP contribution in [0.1, 0.15) is 37.9 Å². The molecule has 0 aliphatic rings. The second-order valence-electron chi connectivity index (χ2n) is 8.55. The van der Waals surface area contributed by atoms with Crippen LogP contribution in [0.3, 0.4) is 0 Å². The van der Waals surface area contributed by atoms with Crippen LogP contribution in [0.5, 0.6) is 0 Å². The molecule has 3 aromatic carbocycles. The number of nitrogens with one attached hydrogen (secondary N) is 3. The van der Waals surface area contributed by atoms with Gasteiger partial charge in [-0.05, 0) is 46.9 Å². The monoisotopic (exact) mass is 397 g/mol. The summed E-state index contributed by atoms with van der Waals surface area (Å²) in [7, 11) is 0. The van der Waals surface area contributed by atoms with E-state index >= 15 is 0 Å². The number of hydrogen-bond acceptors (Lipinski definition) is 2. The van der Waals surface area contributed by atoms with Crippen LogP contribution in [-0.2, 0) is 10.2 Å². The van der Waals surface area contributed by atoms with Gasteiger partial charge in [0.1, 0.15) is 6.04 Å². The molecule has 0 saturated carbocycles. The highest BCUT2D eigenvalue weighted by Crippen LogP contribution is 2.28. The summed E-state index contributed by atoms with van der Waals surface area (Å²) in [6.07, 6.45) is 1.88. The Labute approximate surface area is 177 Å². The molecule has 30 heavy (non-hydrogen) atoms. The van der Waals surface area contributed by atoms with Gasteiger partial charge in [-0.25, -0.2) is 0 Å². The van der Waals surface area contributed by atoms with Crippen molar-refractivity contribution in [2.45, 2.75) is 32.2 Å². The third-order valence-electron chi connectivity index (χ3n) is 5.31. The molecule has 1 unspecified atom stereocenters. The number of fused-ring (bicyclic) bond motifs is 1. The van der Waals surface area contributed by atoms with Gasteiger partial charge in [-0.3, -0.25) is 4.79 Å². The van der Waals surface area contributed by atoms with Crippen molar-refractivity contribution in [3.05, 3.63) is 96.2 Å². The molecular weight excluding hydrogens is 370 g/mol. The maximum absolute atomic E-state index is 13.4. The normalized spacial score (nSPS) is 12.5. The molecule has 1 atom stereocenters. The van der Waals surface area contributed by atoms with Crippen molar-refractivity contribution >= 4 is 28.2 Å². The number of carbonyl (C=O) groups is 1. The quantitative estimate of drug-likeness (QED) is 0.372. The number of benzene rings is 3. The first-order valence-electron chi connectivity index (χ1n) is 10.2. The number of amides is 1. The molecule has 4 aromatic rings. The summed E-state index contributed by atoms with van der Waals surface area (Å²) in [4.78, 5) is 16.6. The number of rotatable bonds is 5. The van der Waals surface area contributed by atoms with Crippen molar-refractivity contribution in [2.75, 3.05) is 10.6 Å². The summed E-state index contributed by atoms with van der Waals surface area (Å²) in [5.74, 6) is -0.101. The minimum Gasteiger partial charge on any atom is -0.370 e. The molecule has 0 aliphatic carbocycles. The van der Waals surface area contributed by atoms with E-state index in [1.807, 2.05) is 72.9 Å². The number of hydrogen-bond donors (Lipinski definition) is 3. The van der Waals surface area contributed by atoms with Crippen LogP contribution >= 0.6 is 0 Å². The average molecular weight is 398 g/mol. The largest absolute Gasteiger partial charge is 0.370 e. The maximum atomic E-state index is 13.4. The maximum Gasteiger partial charge on any atom is 0.251 e. The highest BCUT2D eigenvalue weighted by atomic mass is 16.2. The third kappa shape index (κ3) is 4.23. The molecule has 1 aromatic heterocycles. The molecule has 0 bridgehead atoms. The molecule has 0 spiro atoms. The van der Waals surface area contributed by atoms with Crippen molar-refractivity contribution < 1.29 is 4.79 Å². The fourth-order valence-electron chi connectivity index (χ4n) is 3.58. The Morgan fingerprint density at radius 3 is 2.30 bits per heavy atom. The predicted molar refractivity (Wildman–Crippen MR) is 125 cm³/mol. The van der Waals surface area contributed by atoms with Gasteiger partial charge in [-0.2, -0.15) is 0 Å². The molecule has 4 heteroatoms. The second kappa shape index (κ2) is 8.07. The second-order valence-corrected chi connectivity index (χ2v) is 8.55. The zero-order valence-electron chi connectivity index (χ0n) is 17.6. The first kappa shape index (κ1) is 19.8. The summed E-state index contributed by atoms with van der Waals surface area (Å²) < 4.78 is 0. The highest BCUT2D eigenvalue weighted by molar-refractivity contribution is 6.04. The van der Waals surface area contributed by atoms with Crippen molar-refractivity contribution in [3.8, 4) is 0 Å². The minimum absolute atomic E-state index is 0.0626. The first-order chi connectivity index (χ1) is 14.4. The van der Waals surface area contributed by atoms with Crippen LogP contribution in [0, 0.1) is 0 Å². The van der Waals surface area contributed by atoms with Gasteiger partial charge in [0, 0.05) is 22.8 Å². The van der Waals surface area contributed by atoms with Gasteiger partial charge in [0.05, 0.1) is 5.69 Å². The van der Waals surface area contributed by atoms with Gasteiger partial charge < -0.3 is 15.6 Å². The van der Waals surface area contributed by atoms with Crippen LogP contribution in [0.4, 0.5) is 11.4 Å². The molecule has 0 radical (unpaired) electrons. The molecule has 0 fully saturated rings. The van der Waals surface area contributed by atoms with Crippen molar-refractivity contribution in [1.82, 2.24) is 4.98 Å². The van der Waals surface area contributed by atoms with Gasteiger partial charge in [0.2, 0.25) is 0 Å². The van der Waals surface area contributed by atoms with Gasteiger partial charge in [-0.15, -0.1) is 0 Å². The van der Waals surface area contributed by atoms with E-state index < -0.39 is 6.04 Å². The molecule has 152 valence electrons. The summed E-state index contributed by atoms with van der Waals surface area (Å²) >= 11 is 0. The fourth-order valence-corrected chi connectivity index (χ4v) is 3.58. The molecule has 0 aliphatic heterocycles. The molecule has 4 rings (SSSR count). The van der Waals surface area contributed by atoms with E-state index in [0.29, 0.717) is 0 Å². The van der Waals surface area contributed by atoms with Crippen molar-refractivity contribution in [3.63, 3.8) is 0 Å². The van der Waals surface area contributed by atoms with E-state index in [-0.39, 0.29) is 11.3 Å². The van der Waals surface area contributed by atoms with Gasteiger partial charge >= 0.3 is 0 Å². The van der Waals surface area contributed by atoms with E-state index in [9.17, 15) is 4.79 Å². The van der Waals surface area contributed by atoms with Crippen molar-refractivity contribution in [2.24, 2.45) is 0 Å². The van der Waals surface area contributed by atoms with Gasteiger partial charge in [-0.1, -0.05) is 69.3 Å². The Morgan fingerprint density at radius 2 is 1.60 bits per heavy atom. The Bertz CT molecular complexity index is 1140. The summed E-state index contributed by atoms with van der Waals surface area (Å²) in [6, 6.07) is 25.4.